The molecule has 0 spiro atoms. The predicted octanol–water partition coefficient (Wildman–Crippen LogP) is 3.46. The quantitative estimate of drug-likeness (QED) is 0.455. The fourth-order valence-electron chi connectivity index (χ4n) is 3.29. The van der Waals surface area contributed by atoms with Gasteiger partial charge >= 0.3 is 17.9 Å². The van der Waals surface area contributed by atoms with Gasteiger partial charge in [-0.2, -0.15) is 0 Å². The zero-order valence-electron chi connectivity index (χ0n) is 19.3. The molecule has 0 bridgehead atoms. The van der Waals surface area contributed by atoms with Crippen LogP contribution in [-0.2, 0) is 25.6 Å². The van der Waals surface area contributed by atoms with Gasteiger partial charge in [0.2, 0.25) is 12.2 Å². The third kappa shape index (κ3) is 7.01. The molecule has 3 aromatic carbocycles. The number of aliphatic carboxylic acids is 1. The summed E-state index contributed by atoms with van der Waals surface area (Å²) in [5.41, 5.74) is 2.50. The third-order valence-corrected chi connectivity index (χ3v) is 5.06. The van der Waals surface area contributed by atoms with Crippen LogP contribution in [0.5, 0.6) is 0 Å². The Morgan fingerprint density at radius 1 is 0.743 bits per heavy atom. The summed E-state index contributed by atoms with van der Waals surface area (Å²) in [6.07, 6.45) is -4.01. The molecule has 0 aliphatic heterocycles. The lowest BCUT2D eigenvalue weighted by Crippen LogP contribution is -2.50. The first kappa shape index (κ1) is 25.2. The van der Waals surface area contributed by atoms with Crippen molar-refractivity contribution in [2.45, 2.75) is 32.6 Å². The van der Waals surface area contributed by atoms with Crippen molar-refractivity contribution in [3.63, 3.8) is 0 Å². The molecule has 8 nitrogen and oxygen atoms in total. The number of aryl methyl sites for hydroxylation is 2. The predicted molar refractivity (Wildman–Crippen MR) is 127 cm³/mol. The van der Waals surface area contributed by atoms with E-state index >= 15 is 0 Å². The third-order valence-electron chi connectivity index (χ3n) is 5.06. The van der Waals surface area contributed by atoms with Crippen LogP contribution in [0.2, 0.25) is 0 Å². The normalized spacial score (nSPS) is 12.2. The van der Waals surface area contributed by atoms with Crippen LogP contribution in [0.4, 0.5) is 0 Å². The summed E-state index contributed by atoms with van der Waals surface area (Å²) in [4.78, 5) is 50.5. The van der Waals surface area contributed by atoms with Gasteiger partial charge in [-0.25, -0.2) is 14.4 Å². The molecule has 8 heteroatoms. The molecule has 0 aliphatic rings. The summed E-state index contributed by atoms with van der Waals surface area (Å²) in [5.74, 6) is -4.44. The summed E-state index contributed by atoms with van der Waals surface area (Å²) < 4.78 is 10.5. The molecule has 3 rings (SSSR count). The van der Waals surface area contributed by atoms with Crippen molar-refractivity contribution < 1.29 is 33.8 Å². The van der Waals surface area contributed by atoms with E-state index in [9.17, 15) is 24.3 Å². The minimum absolute atomic E-state index is 0.0519. The molecule has 0 aromatic heterocycles. The number of carboxylic acids is 1. The molecule has 0 saturated heterocycles. The van der Waals surface area contributed by atoms with E-state index in [1.165, 1.54) is 24.3 Å². The largest absolute Gasteiger partial charge is 0.478 e. The molecular weight excluding hydrogens is 450 g/mol. The minimum atomic E-state index is -2.08. The van der Waals surface area contributed by atoms with Gasteiger partial charge in [0, 0.05) is 6.54 Å². The Morgan fingerprint density at radius 3 is 1.74 bits per heavy atom. The molecule has 180 valence electrons. The summed E-state index contributed by atoms with van der Waals surface area (Å²) >= 11 is 0. The Morgan fingerprint density at radius 2 is 1.26 bits per heavy atom. The van der Waals surface area contributed by atoms with Crippen LogP contribution < -0.4 is 5.32 Å². The Hall–Kier alpha value is -4.46. The van der Waals surface area contributed by atoms with E-state index in [0.29, 0.717) is 0 Å². The number of benzene rings is 3. The molecule has 0 heterocycles. The molecule has 2 N–H and O–H groups in total. The Balaban J connectivity index is 1.86. The Bertz CT molecular complexity index is 1220. The molecular formula is C27H25NO7. The number of carbonyl (C=O) groups is 4. The summed E-state index contributed by atoms with van der Waals surface area (Å²) in [5, 5.41) is 12.4. The highest BCUT2D eigenvalue weighted by Gasteiger charge is 2.40. The van der Waals surface area contributed by atoms with Crippen LogP contribution in [0.25, 0.3) is 0 Å². The number of rotatable bonds is 9. The van der Waals surface area contributed by atoms with E-state index in [1.54, 1.807) is 62.4 Å². The highest BCUT2D eigenvalue weighted by molar-refractivity contribution is 5.96. The maximum absolute atomic E-state index is 13.0. The number of hydrogen-bond donors (Lipinski definition) is 2. The van der Waals surface area contributed by atoms with Crippen LogP contribution in [0.3, 0.4) is 0 Å². The fourth-order valence-corrected chi connectivity index (χ4v) is 3.29. The molecule has 0 fully saturated rings. The van der Waals surface area contributed by atoms with Crippen LogP contribution >= 0.6 is 0 Å². The number of nitrogens with one attached hydrogen (secondary N) is 1. The van der Waals surface area contributed by atoms with Crippen LogP contribution in [0, 0.1) is 13.8 Å². The summed E-state index contributed by atoms with van der Waals surface area (Å²) in [6.45, 7) is 3.58. The van der Waals surface area contributed by atoms with Gasteiger partial charge in [0.25, 0.3) is 5.91 Å². The molecule has 0 radical (unpaired) electrons. The van der Waals surface area contributed by atoms with Crippen molar-refractivity contribution in [1.82, 2.24) is 5.32 Å². The van der Waals surface area contributed by atoms with E-state index in [1.807, 2.05) is 6.07 Å². The number of carbonyl (C=O) groups excluding carboxylic acids is 3. The van der Waals surface area contributed by atoms with Gasteiger partial charge < -0.3 is 19.9 Å². The van der Waals surface area contributed by atoms with E-state index in [2.05, 4.69) is 5.32 Å². The van der Waals surface area contributed by atoms with Gasteiger partial charge in [-0.05, 0) is 43.7 Å². The highest BCUT2D eigenvalue weighted by Crippen LogP contribution is 2.15. The molecule has 3 aromatic rings. The lowest BCUT2D eigenvalue weighted by Gasteiger charge is -2.23. The minimum Gasteiger partial charge on any atom is -0.478 e. The maximum Gasteiger partial charge on any atom is 0.349 e. The second-order valence-electron chi connectivity index (χ2n) is 7.93. The molecule has 1 amide bonds. The van der Waals surface area contributed by atoms with Gasteiger partial charge in [0.05, 0.1) is 11.1 Å². The Labute approximate surface area is 202 Å². The second kappa shape index (κ2) is 11.6. The first-order valence-electron chi connectivity index (χ1n) is 10.8. The smallest absolute Gasteiger partial charge is 0.349 e. The van der Waals surface area contributed by atoms with Crippen molar-refractivity contribution in [3.05, 3.63) is 107 Å². The zero-order valence-corrected chi connectivity index (χ0v) is 19.3. The number of carboxylic acid groups (broad SMARTS) is 1. The summed E-state index contributed by atoms with van der Waals surface area (Å²) in [6, 6.07) is 21.6. The average molecular weight is 475 g/mol. The first-order valence-corrected chi connectivity index (χ1v) is 10.8. The van der Waals surface area contributed by atoms with Crippen molar-refractivity contribution >= 4 is 23.8 Å². The number of esters is 2. The molecule has 2 unspecified atom stereocenters. The highest BCUT2D eigenvalue weighted by atomic mass is 16.6. The van der Waals surface area contributed by atoms with Gasteiger partial charge in [-0.3, -0.25) is 4.79 Å². The molecule has 35 heavy (non-hydrogen) atoms. The van der Waals surface area contributed by atoms with E-state index < -0.39 is 36.0 Å². The van der Waals surface area contributed by atoms with E-state index in [-0.39, 0.29) is 17.7 Å². The fraction of sp³-hybridized carbons (Fsp3) is 0.185. The van der Waals surface area contributed by atoms with Gasteiger partial charge in [-0.15, -0.1) is 0 Å². The van der Waals surface area contributed by atoms with Crippen LogP contribution in [0.15, 0.2) is 78.9 Å². The standard InChI is InChI=1S/C27H25NO7/c1-17-8-6-12-20(14-17)26(32)34-22(24(29)28-16-19-10-4-3-5-11-19)23(25(30)31)35-27(33)21-13-7-9-18(2)15-21/h3-15,22-23H,16H2,1-2H3,(H,28,29)(H,30,31). The number of hydrogen-bond acceptors (Lipinski definition) is 6. The van der Waals surface area contributed by atoms with Crippen molar-refractivity contribution in [3.8, 4) is 0 Å². The van der Waals surface area contributed by atoms with Crippen LogP contribution in [-0.4, -0.2) is 41.1 Å². The van der Waals surface area contributed by atoms with E-state index in [4.69, 9.17) is 9.47 Å². The number of amides is 1. The van der Waals surface area contributed by atoms with Crippen molar-refractivity contribution in [2.75, 3.05) is 0 Å². The van der Waals surface area contributed by atoms with Crippen molar-refractivity contribution in [1.29, 1.82) is 0 Å². The SMILES string of the molecule is Cc1cccc(C(=O)OC(C(=O)O)C(OC(=O)c2cccc(C)c2)C(=O)NCc2ccccc2)c1. The van der Waals surface area contributed by atoms with Gasteiger partial charge in [-0.1, -0.05) is 65.7 Å². The topological polar surface area (TPSA) is 119 Å². The van der Waals surface area contributed by atoms with Crippen molar-refractivity contribution in [2.24, 2.45) is 0 Å². The monoisotopic (exact) mass is 475 g/mol. The number of ether oxygens (including phenoxy) is 2. The first-order chi connectivity index (χ1) is 16.7. The van der Waals surface area contributed by atoms with Gasteiger partial charge in [0.1, 0.15) is 0 Å². The second-order valence-corrected chi connectivity index (χ2v) is 7.93. The molecule has 0 saturated carbocycles. The summed E-state index contributed by atoms with van der Waals surface area (Å²) in [7, 11) is 0. The lowest BCUT2D eigenvalue weighted by molar-refractivity contribution is -0.159. The molecule has 0 aliphatic carbocycles. The van der Waals surface area contributed by atoms with Gasteiger partial charge in [0.15, 0.2) is 0 Å². The maximum atomic E-state index is 13.0. The Kier molecular flexibility index (Phi) is 8.34. The van der Waals surface area contributed by atoms with E-state index in [0.717, 1.165) is 16.7 Å². The van der Waals surface area contributed by atoms with Crippen LogP contribution in [0.1, 0.15) is 37.4 Å². The lowest BCUT2D eigenvalue weighted by atomic mass is 10.1. The average Bonchev–Trinajstić information content (AvgIpc) is 2.84. The zero-order chi connectivity index (χ0) is 25.4. The molecule has 2 atom stereocenters.